The predicted octanol–water partition coefficient (Wildman–Crippen LogP) is 3.02. The Labute approximate surface area is 141 Å². The van der Waals surface area contributed by atoms with E-state index in [2.05, 4.69) is 5.32 Å². The van der Waals surface area contributed by atoms with Crippen LogP contribution in [0.15, 0.2) is 35.1 Å². The first-order valence-electron chi connectivity index (χ1n) is 8.91. The van der Waals surface area contributed by atoms with E-state index < -0.39 is 0 Å². The summed E-state index contributed by atoms with van der Waals surface area (Å²) in [5, 5.41) is 3.38. The number of halogens is 1. The third kappa shape index (κ3) is 2.91. The molecule has 1 N–H and O–H groups in total. The van der Waals surface area contributed by atoms with E-state index in [1.807, 2.05) is 16.7 Å². The summed E-state index contributed by atoms with van der Waals surface area (Å²) >= 11 is 0. The van der Waals surface area contributed by atoms with E-state index in [-0.39, 0.29) is 11.4 Å². The molecule has 2 aromatic rings. The molecule has 0 amide bonds. The molecule has 24 heavy (non-hydrogen) atoms. The summed E-state index contributed by atoms with van der Waals surface area (Å²) in [5.74, 6) is 0.392. The molecule has 0 atom stereocenters. The van der Waals surface area contributed by atoms with Crippen LogP contribution in [0, 0.1) is 11.7 Å². The first-order valence-corrected chi connectivity index (χ1v) is 8.91. The number of nitrogens with zero attached hydrogens (tertiary/aromatic N) is 1. The number of aromatic nitrogens is 1. The van der Waals surface area contributed by atoms with E-state index >= 15 is 0 Å². The Morgan fingerprint density at radius 2 is 2.04 bits per heavy atom. The highest BCUT2D eigenvalue weighted by Crippen LogP contribution is 2.28. The van der Waals surface area contributed by atoms with Crippen LogP contribution in [-0.2, 0) is 25.9 Å². The van der Waals surface area contributed by atoms with Gasteiger partial charge in [0.2, 0.25) is 0 Å². The number of rotatable bonds is 4. The van der Waals surface area contributed by atoms with Crippen LogP contribution in [0.5, 0.6) is 0 Å². The molecule has 0 bridgehead atoms. The van der Waals surface area contributed by atoms with Crippen molar-refractivity contribution in [1.29, 1.82) is 0 Å². The van der Waals surface area contributed by atoms with Crippen LogP contribution < -0.4 is 10.9 Å². The van der Waals surface area contributed by atoms with Crippen molar-refractivity contribution in [2.24, 2.45) is 5.92 Å². The van der Waals surface area contributed by atoms with Crippen LogP contribution in [-0.4, -0.2) is 11.1 Å². The third-order valence-corrected chi connectivity index (χ3v) is 5.42. The van der Waals surface area contributed by atoms with Crippen molar-refractivity contribution in [3.63, 3.8) is 0 Å². The fourth-order valence-corrected chi connectivity index (χ4v) is 3.80. The molecule has 1 aliphatic heterocycles. The number of benzene rings is 1. The van der Waals surface area contributed by atoms with Gasteiger partial charge in [-0.25, -0.2) is 4.39 Å². The number of nitrogens with one attached hydrogen (secondary N) is 1. The maximum Gasteiger partial charge on any atom is 0.254 e. The van der Waals surface area contributed by atoms with Crippen molar-refractivity contribution in [2.45, 2.75) is 45.2 Å². The zero-order chi connectivity index (χ0) is 16.5. The zero-order valence-electron chi connectivity index (χ0n) is 13.9. The highest BCUT2D eigenvalue weighted by molar-refractivity contribution is 5.33. The van der Waals surface area contributed by atoms with Gasteiger partial charge >= 0.3 is 0 Å². The molecule has 2 heterocycles. The van der Waals surface area contributed by atoms with E-state index in [9.17, 15) is 9.18 Å². The molecule has 1 aliphatic carbocycles. The first-order chi connectivity index (χ1) is 11.7. The van der Waals surface area contributed by atoms with Gasteiger partial charge in [0.1, 0.15) is 5.82 Å². The number of fused-ring (bicyclic) bond motifs is 1. The van der Waals surface area contributed by atoms with Crippen LogP contribution in [0.2, 0.25) is 0 Å². The summed E-state index contributed by atoms with van der Waals surface area (Å²) in [6.07, 6.45) is 4.98. The zero-order valence-corrected chi connectivity index (χ0v) is 13.9. The molecular formula is C20H23FN2O. The Morgan fingerprint density at radius 3 is 2.79 bits per heavy atom. The van der Waals surface area contributed by atoms with Crippen LogP contribution in [0.3, 0.4) is 0 Å². The quantitative estimate of drug-likeness (QED) is 0.937. The van der Waals surface area contributed by atoms with Gasteiger partial charge in [-0.15, -0.1) is 0 Å². The lowest BCUT2D eigenvalue weighted by atomic mass is 9.85. The Bertz CT molecular complexity index is 808. The highest BCUT2D eigenvalue weighted by atomic mass is 19.1. The van der Waals surface area contributed by atoms with E-state index in [4.69, 9.17) is 0 Å². The molecule has 4 heteroatoms. The van der Waals surface area contributed by atoms with Gasteiger partial charge in [0, 0.05) is 43.7 Å². The summed E-state index contributed by atoms with van der Waals surface area (Å²) in [6.45, 7) is 2.54. The SMILES string of the molecule is O=c1c(Cc2ccccc2F)cc2c(n1CC1CCC1)CCNC2. The molecular weight excluding hydrogens is 303 g/mol. The summed E-state index contributed by atoms with van der Waals surface area (Å²) in [4.78, 5) is 13.1. The second kappa shape index (κ2) is 6.52. The molecule has 2 aliphatic rings. The van der Waals surface area contributed by atoms with Crippen LogP contribution in [0.1, 0.15) is 41.6 Å². The Morgan fingerprint density at radius 1 is 1.21 bits per heavy atom. The minimum Gasteiger partial charge on any atom is -0.312 e. The summed E-state index contributed by atoms with van der Waals surface area (Å²) in [5.41, 5.74) is 3.76. The van der Waals surface area contributed by atoms with Gasteiger partial charge in [-0.3, -0.25) is 4.79 Å². The molecule has 1 saturated carbocycles. The lowest BCUT2D eigenvalue weighted by Gasteiger charge is -2.30. The standard InChI is InChI=1S/C20H23FN2O/c21-18-7-2-1-6-15(18)10-16-11-17-12-22-9-8-19(17)23(20(16)24)13-14-4-3-5-14/h1-2,6-7,11,14,22H,3-5,8-10,12-13H2. The normalized spacial score (nSPS) is 17.4. The van der Waals surface area contributed by atoms with Crippen LogP contribution in [0.4, 0.5) is 4.39 Å². The van der Waals surface area contributed by atoms with Gasteiger partial charge in [-0.1, -0.05) is 24.6 Å². The molecule has 1 fully saturated rings. The van der Waals surface area contributed by atoms with Gasteiger partial charge in [0.05, 0.1) is 0 Å². The largest absolute Gasteiger partial charge is 0.312 e. The van der Waals surface area contributed by atoms with Crippen molar-refractivity contribution in [3.8, 4) is 0 Å². The molecule has 0 saturated heterocycles. The van der Waals surface area contributed by atoms with Gasteiger partial charge in [0.15, 0.2) is 0 Å². The minimum absolute atomic E-state index is 0.0748. The number of hydrogen-bond donors (Lipinski definition) is 1. The molecule has 4 rings (SSSR count). The van der Waals surface area contributed by atoms with E-state index in [1.165, 1.54) is 36.6 Å². The summed E-state index contributed by atoms with van der Waals surface area (Å²) < 4.78 is 16.0. The fraction of sp³-hybridized carbons (Fsp3) is 0.450. The predicted molar refractivity (Wildman–Crippen MR) is 92.7 cm³/mol. The number of pyridine rings is 1. The van der Waals surface area contributed by atoms with E-state index in [0.717, 1.165) is 26.1 Å². The molecule has 1 aromatic carbocycles. The first kappa shape index (κ1) is 15.6. The monoisotopic (exact) mass is 326 g/mol. The van der Waals surface area contributed by atoms with E-state index in [0.29, 0.717) is 23.5 Å². The van der Waals surface area contributed by atoms with Crippen molar-refractivity contribution < 1.29 is 4.39 Å². The van der Waals surface area contributed by atoms with Gasteiger partial charge < -0.3 is 9.88 Å². The third-order valence-electron chi connectivity index (χ3n) is 5.42. The van der Waals surface area contributed by atoms with Gasteiger partial charge in [0.25, 0.3) is 5.56 Å². The van der Waals surface area contributed by atoms with Crippen molar-refractivity contribution >= 4 is 0 Å². The van der Waals surface area contributed by atoms with Crippen molar-refractivity contribution in [2.75, 3.05) is 6.54 Å². The second-order valence-electron chi connectivity index (χ2n) is 7.05. The molecule has 126 valence electrons. The maximum absolute atomic E-state index is 14.0. The van der Waals surface area contributed by atoms with E-state index in [1.54, 1.807) is 12.1 Å². The molecule has 0 unspecified atom stereocenters. The molecule has 0 radical (unpaired) electrons. The summed E-state index contributed by atoms with van der Waals surface area (Å²) in [6, 6.07) is 8.73. The van der Waals surface area contributed by atoms with Crippen molar-refractivity contribution in [3.05, 3.63) is 68.9 Å². The van der Waals surface area contributed by atoms with Gasteiger partial charge in [-0.05, 0) is 42.0 Å². The molecule has 3 nitrogen and oxygen atoms in total. The van der Waals surface area contributed by atoms with Crippen LogP contribution >= 0.6 is 0 Å². The minimum atomic E-state index is -0.238. The maximum atomic E-state index is 14.0. The Hall–Kier alpha value is -1.94. The van der Waals surface area contributed by atoms with Crippen molar-refractivity contribution in [1.82, 2.24) is 9.88 Å². The second-order valence-corrected chi connectivity index (χ2v) is 7.05. The van der Waals surface area contributed by atoms with Crippen LogP contribution in [0.25, 0.3) is 0 Å². The average Bonchev–Trinajstić information content (AvgIpc) is 2.55. The number of hydrogen-bond acceptors (Lipinski definition) is 2. The lowest BCUT2D eigenvalue weighted by Crippen LogP contribution is -2.37. The van der Waals surface area contributed by atoms with Gasteiger partial charge in [-0.2, -0.15) is 0 Å². The Balaban J connectivity index is 1.75. The average molecular weight is 326 g/mol. The molecule has 0 spiro atoms. The fourth-order valence-electron chi connectivity index (χ4n) is 3.80. The smallest absolute Gasteiger partial charge is 0.254 e. The topological polar surface area (TPSA) is 34.0 Å². The Kier molecular flexibility index (Phi) is 4.23. The summed E-state index contributed by atoms with van der Waals surface area (Å²) in [7, 11) is 0. The molecule has 1 aromatic heterocycles. The highest BCUT2D eigenvalue weighted by Gasteiger charge is 2.23. The lowest BCUT2D eigenvalue weighted by molar-refractivity contribution is 0.269.